The first-order valence-electron chi connectivity index (χ1n) is 13.6. The molecule has 0 aliphatic carbocycles. The van der Waals surface area contributed by atoms with Crippen LogP contribution < -0.4 is 0 Å². The van der Waals surface area contributed by atoms with Gasteiger partial charge in [-0.1, -0.05) is 0 Å². The molecule has 0 bridgehead atoms. The number of esters is 7. The number of hydrogen-bond donors (Lipinski definition) is 0. The highest BCUT2D eigenvalue weighted by Crippen LogP contribution is 2.35. The third kappa shape index (κ3) is 10.7. The molecule has 2 rings (SSSR count). The van der Waals surface area contributed by atoms with E-state index in [0.29, 0.717) is 0 Å². The third-order valence-electron chi connectivity index (χ3n) is 6.16. The van der Waals surface area contributed by atoms with Gasteiger partial charge < -0.3 is 47.4 Å². The van der Waals surface area contributed by atoms with Crippen molar-refractivity contribution in [3.8, 4) is 0 Å². The van der Waals surface area contributed by atoms with E-state index in [1.165, 1.54) is 6.92 Å². The van der Waals surface area contributed by atoms with Crippen LogP contribution in [-0.4, -0.2) is 116 Å². The molecule has 17 nitrogen and oxygen atoms in total. The molecule has 2 saturated heterocycles. The van der Waals surface area contributed by atoms with E-state index in [0.717, 1.165) is 48.5 Å². The van der Waals surface area contributed by atoms with Crippen molar-refractivity contribution in [2.45, 2.75) is 117 Å². The van der Waals surface area contributed by atoms with E-state index in [-0.39, 0.29) is 0 Å². The molecule has 2 heterocycles. The van der Waals surface area contributed by atoms with E-state index in [4.69, 9.17) is 47.4 Å². The summed E-state index contributed by atoms with van der Waals surface area (Å²) in [6.45, 7) is 8.20. The van der Waals surface area contributed by atoms with Crippen molar-refractivity contribution < 1.29 is 80.9 Å². The van der Waals surface area contributed by atoms with Crippen LogP contribution in [0, 0.1) is 0 Å². The molecule has 248 valence electrons. The minimum absolute atomic E-state index is 0.430. The molecule has 0 spiro atoms. The molecule has 0 amide bonds. The zero-order valence-electron chi connectivity index (χ0n) is 25.6. The lowest BCUT2D eigenvalue weighted by molar-refractivity contribution is -0.344. The first kappa shape index (κ1) is 36.4. The van der Waals surface area contributed by atoms with Crippen LogP contribution >= 0.6 is 0 Å². The maximum Gasteiger partial charge on any atom is 0.303 e. The van der Waals surface area contributed by atoms with Gasteiger partial charge in [0, 0.05) is 48.5 Å². The largest absolute Gasteiger partial charge is 0.463 e. The molecule has 0 radical (unpaired) electrons. The fraction of sp³-hybridized carbons (Fsp3) is 0.741. The molecule has 0 saturated carbocycles. The summed E-state index contributed by atoms with van der Waals surface area (Å²) < 4.78 is 55.4. The smallest absolute Gasteiger partial charge is 0.303 e. The maximum absolute atomic E-state index is 12.2. The van der Waals surface area contributed by atoms with Gasteiger partial charge in [-0.25, -0.2) is 0 Å². The molecule has 10 atom stereocenters. The lowest BCUT2D eigenvalue weighted by Crippen LogP contribution is -2.66. The second kappa shape index (κ2) is 16.3. The van der Waals surface area contributed by atoms with Crippen molar-refractivity contribution in [3.63, 3.8) is 0 Å². The highest BCUT2D eigenvalue weighted by molar-refractivity contribution is 5.69. The summed E-state index contributed by atoms with van der Waals surface area (Å²) >= 11 is 0. The molecule has 2 aliphatic rings. The first-order chi connectivity index (χ1) is 20.5. The van der Waals surface area contributed by atoms with Gasteiger partial charge in [-0.2, -0.15) is 0 Å². The second-order valence-electron chi connectivity index (χ2n) is 10.00. The molecular weight excluding hydrogens is 596 g/mol. The number of carbonyl (C=O) groups is 7. The van der Waals surface area contributed by atoms with Crippen molar-refractivity contribution >= 4 is 41.8 Å². The van der Waals surface area contributed by atoms with Crippen LogP contribution in [0.4, 0.5) is 0 Å². The number of hydrogen-bond acceptors (Lipinski definition) is 17. The maximum atomic E-state index is 12.2. The molecule has 0 N–H and O–H groups in total. The fourth-order valence-electron chi connectivity index (χ4n) is 4.73. The molecule has 2 fully saturated rings. The highest BCUT2D eigenvalue weighted by Gasteiger charge is 2.56. The summed E-state index contributed by atoms with van der Waals surface area (Å²) in [4.78, 5) is 83.8. The van der Waals surface area contributed by atoms with Crippen LogP contribution in [-0.2, 0) is 80.9 Å². The van der Waals surface area contributed by atoms with Gasteiger partial charge >= 0.3 is 41.8 Å². The van der Waals surface area contributed by atoms with Crippen LogP contribution in [0.25, 0.3) is 0 Å². The van der Waals surface area contributed by atoms with Crippen molar-refractivity contribution in [2.75, 3.05) is 13.2 Å². The summed E-state index contributed by atoms with van der Waals surface area (Å²) in [7, 11) is 0. The highest BCUT2D eigenvalue weighted by atomic mass is 16.8. The fourth-order valence-corrected chi connectivity index (χ4v) is 4.73. The van der Waals surface area contributed by atoms with Gasteiger partial charge in [0.1, 0.15) is 31.5 Å². The van der Waals surface area contributed by atoms with Gasteiger partial charge in [0.05, 0.1) is 6.10 Å². The Labute approximate surface area is 252 Å². The SMILES string of the molecule is CC(=O)OCC1O[C@@H](C)C(OC(C)=O)[C@@H](OC(C)=O)[C@@H]1O[C@@H]1OC(COC(C)=O)[C@H](OC(C)=O)[C@H](OC(C)=O)C1OC(C)=O. The minimum Gasteiger partial charge on any atom is -0.463 e. The monoisotopic (exact) mass is 634 g/mol. The lowest BCUT2D eigenvalue weighted by Gasteiger charge is -2.48. The molecule has 0 aromatic carbocycles. The number of rotatable bonds is 11. The average molecular weight is 635 g/mol. The van der Waals surface area contributed by atoms with Gasteiger partial charge in [0.2, 0.25) is 0 Å². The summed E-state index contributed by atoms with van der Waals surface area (Å²) in [6, 6.07) is 0. The predicted molar refractivity (Wildman–Crippen MR) is 139 cm³/mol. The molecule has 0 aromatic rings. The van der Waals surface area contributed by atoms with Crippen LogP contribution in [0.15, 0.2) is 0 Å². The summed E-state index contributed by atoms with van der Waals surface area (Å²) in [5, 5.41) is 0. The van der Waals surface area contributed by atoms with Crippen molar-refractivity contribution in [1.29, 1.82) is 0 Å². The van der Waals surface area contributed by atoms with Crippen LogP contribution in [0.2, 0.25) is 0 Å². The molecule has 2 aliphatic heterocycles. The predicted octanol–water partition coefficient (Wildman–Crippen LogP) is -0.331. The topological polar surface area (TPSA) is 212 Å². The van der Waals surface area contributed by atoms with Gasteiger partial charge in [-0.3, -0.25) is 33.6 Å². The van der Waals surface area contributed by atoms with Crippen LogP contribution in [0.3, 0.4) is 0 Å². The van der Waals surface area contributed by atoms with E-state index in [2.05, 4.69) is 0 Å². The Kier molecular flexibility index (Phi) is 13.5. The lowest BCUT2D eigenvalue weighted by atomic mass is 9.94. The zero-order valence-corrected chi connectivity index (χ0v) is 25.6. The van der Waals surface area contributed by atoms with Crippen molar-refractivity contribution in [3.05, 3.63) is 0 Å². The minimum atomic E-state index is -1.71. The summed E-state index contributed by atoms with van der Waals surface area (Å²) in [5.74, 6) is -5.54. The average Bonchev–Trinajstić information content (AvgIpc) is 2.87. The van der Waals surface area contributed by atoms with Gasteiger partial charge in [-0.05, 0) is 6.92 Å². The van der Waals surface area contributed by atoms with E-state index < -0.39 is 116 Å². The Hall–Kier alpha value is -3.83. The van der Waals surface area contributed by atoms with Crippen molar-refractivity contribution in [1.82, 2.24) is 0 Å². The molecular formula is C27H38O17. The Morgan fingerprint density at radius 3 is 1.25 bits per heavy atom. The molecule has 0 aromatic heterocycles. The standard InChI is InChI=1S/C27H38O17/c1-11-21(38-14(4)30)24(40-16(6)32)23(19(37-11)9-35-12(2)28)44-27-26(42-18(8)34)25(41-17(7)33)22(39-15(5)31)20(43-27)10-36-13(3)29/h11,19-27H,9-10H2,1-8H3/t11-,19?,20?,21?,22-,23+,24+,25-,26?,27-/m0/s1. The van der Waals surface area contributed by atoms with Crippen LogP contribution in [0.5, 0.6) is 0 Å². The Bertz CT molecular complexity index is 1090. The van der Waals surface area contributed by atoms with E-state index in [9.17, 15) is 33.6 Å². The summed E-state index contributed by atoms with van der Waals surface area (Å²) in [5.41, 5.74) is 0. The molecule has 44 heavy (non-hydrogen) atoms. The van der Waals surface area contributed by atoms with Gasteiger partial charge in [0.25, 0.3) is 0 Å². The van der Waals surface area contributed by atoms with Crippen LogP contribution in [0.1, 0.15) is 55.4 Å². The Morgan fingerprint density at radius 2 is 0.818 bits per heavy atom. The van der Waals surface area contributed by atoms with E-state index in [1.807, 2.05) is 0 Å². The van der Waals surface area contributed by atoms with E-state index in [1.54, 1.807) is 0 Å². The molecule has 17 heteroatoms. The number of carbonyl (C=O) groups excluding carboxylic acids is 7. The van der Waals surface area contributed by atoms with Gasteiger partial charge in [-0.15, -0.1) is 0 Å². The normalized spacial score (nSPS) is 31.5. The van der Waals surface area contributed by atoms with Crippen molar-refractivity contribution in [2.24, 2.45) is 0 Å². The summed E-state index contributed by atoms with van der Waals surface area (Å²) in [6.07, 6.45) is -13.9. The Balaban J connectivity index is 2.66. The first-order valence-corrected chi connectivity index (χ1v) is 13.6. The number of ether oxygens (including phenoxy) is 10. The Morgan fingerprint density at radius 1 is 0.455 bits per heavy atom. The quantitative estimate of drug-likeness (QED) is 0.210. The second-order valence-corrected chi connectivity index (χ2v) is 10.00. The van der Waals surface area contributed by atoms with E-state index >= 15 is 0 Å². The zero-order chi connectivity index (χ0) is 33.3. The molecule has 4 unspecified atom stereocenters. The van der Waals surface area contributed by atoms with Gasteiger partial charge in [0.15, 0.2) is 36.8 Å². The third-order valence-corrected chi connectivity index (χ3v) is 6.16.